The number of benzene rings is 3. The zero-order valence-electron chi connectivity index (χ0n) is 15.4. The van der Waals surface area contributed by atoms with Crippen molar-refractivity contribution in [2.24, 2.45) is 0 Å². The molecule has 3 aromatic rings. The van der Waals surface area contributed by atoms with Crippen molar-refractivity contribution in [1.82, 2.24) is 0 Å². The third kappa shape index (κ3) is 3.24. The maximum atomic E-state index is 12.3. The molecule has 3 heteroatoms. The molecule has 0 saturated carbocycles. The summed E-state index contributed by atoms with van der Waals surface area (Å²) in [6.45, 7) is 4.15. The quantitative estimate of drug-likeness (QED) is 0.588. The molecule has 0 fully saturated rings. The molecule has 0 aliphatic carbocycles. The van der Waals surface area contributed by atoms with E-state index in [0.717, 1.165) is 27.5 Å². The summed E-state index contributed by atoms with van der Waals surface area (Å²) in [4.78, 5) is 12.3. The fourth-order valence-electron chi connectivity index (χ4n) is 3.25. The van der Waals surface area contributed by atoms with Gasteiger partial charge in [0, 0.05) is 10.9 Å². The first-order valence-corrected chi connectivity index (χ1v) is 9.03. The number of carbonyl (C=O) groups excluding carboxylic acids is 1. The molecular weight excluding hydrogens is 336 g/mol. The first-order valence-electron chi connectivity index (χ1n) is 9.03. The molecule has 0 radical (unpaired) electrons. The smallest absolute Gasteiger partial charge is 0.374 e. The molecule has 0 saturated heterocycles. The molecule has 0 bridgehead atoms. The third-order valence-corrected chi connectivity index (χ3v) is 4.62. The van der Waals surface area contributed by atoms with Gasteiger partial charge in [-0.1, -0.05) is 60.2 Å². The number of aryl methyl sites for hydroxylation is 1. The van der Waals surface area contributed by atoms with Crippen molar-refractivity contribution in [3.05, 3.63) is 95.3 Å². The average Bonchev–Trinajstić information content (AvgIpc) is 2.89. The number of fused-ring (bicyclic) bond motifs is 3. The molecule has 3 aromatic carbocycles. The van der Waals surface area contributed by atoms with Crippen LogP contribution < -0.4 is 4.74 Å². The monoisotopic (exact) mass is 356 g/mol. The highest BCUT2D eigenvalue weighted by atomic mass is 16.6. The maximum Gasteiger partial charge on any atom is 0.374 e. The molecule has 4 rings (SSSR count). The van der Waals surface area contributed by atoms with E-state index >= 15 is 0 Å². The lowest BCUT2D eigenvalue weighted by Crippen LogP contribution is -2.12. The second-order valence-corrected chi connectivity index (χ2v) is 6.46. The molecule has 0 aromatic heterocycles. The minimum Gasteiger partial charge on any atom is -0.460 e. The number of esters is 1. The number of rotatable bonds is 3. The molecule has 1 heterocycles. The lowest BCUT2D eigenvalue weighted by atomic mass is 9.94. The molecule has 0 amide bonds. The van der Waals surface area contributed by atoms with Crippen LogP contribution in [0.4, 0.5) is 0 Å². The Bertz CT molecular complexity index is 1070. The van der Waals surface area contributed by atoms with Crippen LogP contribution in [0.1, 0.15) is 23.6 Å². The van der Waals surface area contributed by atoms with E-state index in [4.69, 9.17) is 9.47 Å². The minimum atomic E-state index is -0.460. The fraction of sp³-hybridized carbons (Fsp3) is 0.125. The molecule has 0 spiro atoms. The van der Waals surface area contributed by atoms with E-state index in [0.29, 0.717) is 12.4 Å². The minimum absolute atomic E-state index is 0.191. The summed E-state index contributed by atoms with van der Waals surface area (Å²) in [6.07, 6.45) is 3.62. The van der Waals surface area contributed by atoms with Gasteiger partial charge in [0.2, 0.25) is 5.76 Å². The van der Waals surface area contributed by atoms with Crippen molar-refractivity contribution in [1.29, 1.82) is 0 Å². The summed E-state index contributed by atoms with van der Waals surface area (Å²) in [6, 6.07) is 20.5. The van der Waals surface area contributed by atoms with Gasteiger partial charge in [-0.05, 0) is 48.6 Å². The van der Waals surface area contributed by atoms with Crippen molar-refractivity contribution in [3.8, 4) is 5.75 Å². The van der Waals surface area contributed by atoms with Gasteiger partial charge in [-0.25, -0.2) is 4.79 Å². The summed E-state index contributed by atoms with van der Waals surface area (Å²) in [5, 5.41) is 2.02. The number of ether oxygens (including phenoxy) is 2. The standard InChI is InChI=1S/C24H20O3/c1-3-26-24(25)22-15-14-19(18-10-8-16(2)9-11-18)21-13-12-17-6-4-5-7-20(17)23(21)27-22/h4-15H,3H2,1-2H3. The van der Waals surface area contributed by atoms with Gasteiger partial charge in [0.1, 0.15) is 5.75 Å². The van der Waals surface area contributed by atoms with Crippen molar-refractivity contribution in [3.63, 3.8) is 0 Å². The van der Waals surface area contributed by atoms with Crippen molar-refractivity contribution >= 4 is 22.3 Å². The predicted octanol–water partition coefficient (Wildman–Crippen LogP) is 5.42. The van der Waals surface area contributed by atoms with E-state index in [1.807, 2.05) is 36.4 Å². The third-order valence-electron chi connectivity index (χ3n) is 4.62. The first kappa shape index (κ1) is 17.1. The summed E-state index contributed by atoms with van der Waals surface area (Å²) in [5.74, 6) is 0.408. The highest BCUT2D eigenvalue weighted by Crippen LogP contribution is 2.39. The lowest BCUT2D eigenvalue weighted by Gasteiger charge is -2.15. The Morgan fingerprint density at radius 1 is 0.963 bits per heavy atom. The van der Waals surface area contributed by atoms with Gasteiger partial charge >= 0.3 is 5.97 Å². The highest BCUT2D eigenvalue weighted by Gasteiger charge is 2.22. The number of hydrogen-bond acceptors (Lipinski definition) is 3. The van der Waals surface area contributed by atoms with Gasteiger partial charge in [0.15, 0.2) is 0 Å². The molecule has 1 aliphatic heterocycles. The largest absolute Gasteiger partial charge is 0.460 e. The van der Waals surface area contributed by atoms with Crippen LogP contribution in [0, 0.1) is 6.92 Å². The normalized spacial score (nSPS) is 13.1. The number of allylic oxidation sites excluding steroid dienone is 2. The molecule has 1 aliphatic rings. The Labute approximate surface area is 158 Å². The fourth-order valence-corrected chi connectivity index (χ4v) is 3.25. The van der Waals surface area contributed by atoms with Gasteiger partial charge in [0.25, 0.3) is 0 Å². The predicted molar refractivity (Wildman–Crippen MR) is 108 cm³/mol. The second kappa shape index (κ2) is 7.12. The van der Waals surface area contributed by atoms with E-state index in [1.54, 1.807) is 13.0 Å². The van der Waals surface area contributed by atoms with Crippen LogP contribution in [-0.2, 0) is 9.53 Å². The van der Waals surface area contributed by atoms with E-state index in [1.165, 1.54) is 5.56 Å². The SMILES string of the molecule is CCOC(=O)C1=CC=C(c2ccc(C)cc2)c2ccc3ccccc3c2O1. The first-order chi connectivity index (χ1) is 13.2. The Hall–Kier alpha value is -3.33. The van der Waals surface area contributed by atoms with Crippen LogP contribution >= 0.6 is 0 Å². The average molecular weight is 356 g/mol. The Morgan fingerprint density at radius 3 is 2.52 bits per heavy atom. The van der Waals surface area contributed by atoms with E-state index in [9.17, 15) is 4.79 Å². The molecule has 134 valence electrons. The summed E-state index contributed by atoms with van der Waals surface area (Å²) in [5.41, 5.74) is 4.23. The second-order valence-electron chi connectivity index (χ2n) is 6.46. The van der Waals surface area contributed by atoms with Gasteiger partial charge < -0.3 is 9.47 Å². The summed E-state index contributed by atoms with van der Waals surface area (Å²) in [7, 11) is 0. The number of carbonyl (C=O) groups is 1. The Morgan fingerprint density at radius 2 is 1.74 bits per heavy atom. The molecule has 3 nitrogen and oxygen atoms in total. The molecule has 0 atom stereocenters. The van der Waals surface area contributed by atoms with Crippen LogP contribution in [0.25, 0.3) is 16.3 Å². The maximum absolute atomic E-state index is 12.3. The molecule has 27 heavy (non-hydrogen) atoms. The van der Waals surface area contributed by atoms with E-state index in [-0.39, 0.29) is 5.76 Å². The van der Waals surface area contributed by atoms with Gasteiger partial charge in [-0.15, -0.1) is 0 Å². The van der Waals surface area contributed by atoms with E-state index < -0.39 is 5.97 Å². The van der Waals surface area contributed by atoms with Crippen LogP contribution in [0.5, 0.6) is 5.75 Å². The summed E-state index contributed by atoms with van der Waals surface area (Å²) >= 11 is 0. The van der Waals surface area contributed by atoms with E-state index in [2.05, 4.69) is 37.3 Å². The summed E-state index contributed by atoms with van der Waals surface area (Å²) < 4.78 is 11.3. The van der Waals surface area contributed by atoms with Crippen LogP contribution in [0.3, 0.4) is 0 Å². The van der Waals surface area contributed by atoms with Gasteiger partial charge in [-0.3, -0.25) is 0 Å². The highest BCUT2D eigenvalue weighted by molar-refractivity contribution is 5.99. The topological polar surface area (TPSA) is 35.5 Å². The number of hydrogen-bond donors (Lipinski definition) is 0. The Kier molecular flexibility index (Phi) is 4.51. The van der Waals surface area contributed by atoms with Crippen LogP contribution in [0.15, 0.2) is 78.6 Å². The zero-order chi connectivity index (χ0) is 18.8. The van der Waals surface area contributed by atoms with Crippen molar-refractivity contribution < 1.29 is 14.3 Å². The molecular formula is C24H20O3. The molecule has 0 N–H and O–H groups in total. The van der Waals surface area contributed by atoms with Crippen LogP contribution in [0.2, 0.25) is 0 Å². The zero-order valence-corrected chi connectivity index (χ0v) is 15.4. The Balaban J connectivity index is 1.94. The van der Waals surface area contributed by atoms with Gasteiger partial charge in [-0.2, -0.15) is 0 Å². The van der Waals surface area contributed by atoms with Crippen LogP contribution in [-0.4, -0.2) is 12.6 Å². The van der Waals surface area contributed by atoms with Crippen molar-refractivity contribution in [2.75, 3.05) is 6.61 Å². The molecule has 0 unspecified atom stereocenters. The lowest BCUT2D eigenvalue weighted by molar-refractivity contribution is -0.140. The van der Waals surface area contributed by atoms with Gasteiger partial charge in [0.05, 0.1) is 6.61 Å². The van der Waals surface area contributed by atoms with Crippen molar-refractivity contribution in [2.45, 2.75) is 13.8 Å².